The van der Waals surface area contributed by atoms with Crippen molar-refractivity contribution in [3.8, 4) is 5.75 Å². The largest absolute Gasteiger partial charge is 0.497 e. The first kappa shape index (κ1) is 24.9. The molecule has 0 aliphatic carbocycles. The number of rotatable bonds is 7. The maximum Gasteiger partial charge on any atom is 0.323 e. The molecule has 2 aliphatic heterocycles. The second-order valence-corrected chi connectivity index (χ2v) is 9.33. The Hall–Kier alpha value is -3.19. The van der Waals surface area contributed by atoms with E-state index in [0.29, 0.717) is 26.0 Å². The van der Waals surface area contributed by atoms with Crippen molar-refractivity contribution in [3.05, 3.63) is 64.7 Å². The van der Waals surface area contributed by atoms with Gasteiger partial charge in [0, 0.05) is 12.0 Å². The van der Waals surface area contributed by atoms with Crippen LogP contribution in [0.3, 0.4) is 0 Å². The number of ether oxygens (including phenoxy) is 2. The van der Waals surface area contributed by atoms with Crippen molar-refractivity contribution in [3.63, 3.8) is 0 Å². The van der Waals surface area contributed by atoms with Gasteiger partial charge in [-0.1, -0.05) is 42.3 Å². The number of likely N-dealkylation sites (tertiary alicyclic amines) is 1. The minimum absolute atomic E-state index is 0.109. The highest BCUT2D eigenvalue weighted by atomic mass is 16.5. The molecule has 2 aromatic carbocycles. The Bertz CT molecular complexity index is 1100. The number of benzene rings is 2. The molecule has 1 amide bonds. The van der Waals surface area contributed by atoms with Crippen LogP contribution in [0.1, 0.15) is 60.9 Å². The zero-order chi connectivity index (χ0) is 24.9. The molecule has 1 fully saturated rings. The Labute approximate surface area is 207 Å². The summed E-state index contributed by atoms with van der Waals surface area (Å²) in [6, 6.07) is 13.5. The van der Waals surface area contributed by atoms with Gasteiger partial charge in [-0.3, -0.25) is 14.5 Å². The van der Waals surface area contributed by atoms with E-state index in [1.54, 1.807) is 12.1 Å². The van der Waals surface area contributed by atoms with E-state index in [2.05, 4.69) is 32.0 Å². The highest BCUT2D eigenvalue weighted by Gasteiger charge is 2.37. The fourth-order valence-corrected chi connectivity index (χ4v) is 5.06. The average Bonchev–Trinajstić information content (AvgIpc) is 3.30. The number of piperidine rings is 1. The third-order valence-corrected chi connectivity index (χ3v) is 6.87. The summed E-state index contributed by atoms with van der Waals surface area (Å²) in [5.74, 6) is 0.417. The Balaban J connectivity index is 1.62. The van der Waals surface area contributed by atoms with Gasteiger partial charge in [-0.25, -0.2) is 5.01 Å². The topological polar surface area (TPSA) is 71.4 Å². The lowest BCUT2D eigenvalue weighted by Gasteiger charge is -2.34. The van der Waals surface area contributed by atoms with Gasteiger partial charge in [-0.15, -0.1) is 0 Å². The second-order valence-electron chi connectivity index (χ2n) is 9.33. The lowest BCUT2D eigenvalue weighted by Crippen LogP contribution is -2.49. The summed E-state index contributed by atoms with van der Waals surface area (Å²) in [6.45, 7) is 7.14. The molecule has 35 heavy (non-hydrogen) atoms. The summed E-state index contributed by atoms with van der Waals surface area (Å²) in [5, 5.41) is 6.47. The molecular formula is C28H35N3O4. The number of nitrogens with zero attached hydrogens (tertiary/aromatic N) is 3. The molecule has 0 spiro atoms. The second kappa shape index (κ2) is 11.0. The molecule has 186 valence electrons. The number of carbonyl (C=O) groups is 2. The fourth-order valence-electron chi connectivity index (χ4n) is 5.06. The van der Waals surface area contributed by atoms with Gasteiger partial charge in [0.05, 0.1) is 32.0 Å². The van der Waals surface area contributed by atoms with E-state index >= 15 is 0 Å². The number of hydrogen-bond donors (Lipinski definition) is 0. The van der Waals surface area contributed by atoms with Gasteiger partial charge in [0.15, 0.2) is 0 Å². The van der Waals surface area contributed by atoms with Gasteiger partial charge < -0.3 is 9.47 Å². The van der Waals surface area contributed by atoms with Crippen molar-refractivity contribution < 1.29 is 19.1 Å². The monoisotopic (exact) mass is 477 g/mol. The molecular weight excluding hydrogens is 442 g/mol. The molecule has 0 bridgehead atoms. The van der Waals surface area contributed by atoms with Gasteiger partial charge >= 0.3 is 5.97 Å². The Morgan fingerprint density at radius 1 is 1.09 bits per heavy atom. The predicted octanol–water partition coefficient (Wildman–Crippen LogP) is 4.41. The van der Waals surface area contributed by atoms with E-state index in [4.69, 9.17) is 14.6 Å². The van der Waals surface area contributed by atoms with Gasteiger partial charge in [-0.05, 0) is 63.4 Å². The zero-order valence-electron chi connectivity index (χ0n) is 21.1. The number of hydrogen-bond acceptors (Lipinski definition) is 6. The van der Waals surface area contributed by atoms with Crippen LogP contribution in [0.2, 0.25) is 0 Å². The third kappa shape index (κ3) is 5.56. The number of hydrazone groups is 1. The normalized spacial score (nSPS) is 20.5. The molecule has 2 atom stereocenters. The van der Waals surface area contributed by atoms with E-state index in [0.717, 1.165) is 41.0 Å². The van der Waals surface area contributed by atoms with E-state index in [1.807, 2.05) is 36.1 Å². The molecule has 4 rings (SSSR count). The first-order valence-corrected chi connectivity index (χ1v) is 12.4. The van der Waals surface area contributed by atoms with Crippen LogP contribution in [0.4, 0.5) is 0 Å². The maximum atomic E-state index is 13.7. The highest BCUT2D eigenvalue weighted by molar-refractivity contribution is 6.04. The van der Waals surface area contributed by atoms with Gasteiger partial charge in [0.2, 0.25) is 0 Å². The molecule has 2 aliphatic rings. The molecule has 7 nitrogen and oxygen atoms in total. The van der Waals surface area contributed by atoms with Crippen LogP contribution in [-0.2, 0) is 14.3 Å². The molecule has 0 radical (unpaired) electrons. The molecule has 2 aromatic rings. The Morgan fingerprint density at radius 3 is 2.54 bits per heavy atom. The summed E-state index contributed by atoms with van der Waals surface area (Å²) in [4.78, 5) is 28.2. The average molecular weight is 478 g/mol. The standard InChI is InChI=1S/C28H35N3O4/c1-5-35-28(33)25-8-6-7-15-30(25)18-27(32)31-26(21-10-12-22(34-4)13-11-21)17-24(29-31)23-14-9-19(2)16-20(23)3/h9-14,16,25-26H,5-8,15,17-18H2,1-4H3. The molecule has 0 aromatic heterocycles. The van der Waals surface area contributed by atoms with E-state index in [9.17, 15) is 9.59 Å². The zero-order valence-corrected chi connectivity index (χ0v) is 21.1. The Morgan fingerprint density at radius 2 is 1.86 bits per heavy atom. The number of amides is 1. The van der Waals surface area contributed by atoms with Crippen molar-refractivity contribution in [2.75, 3.05) is 26.8 Å². The quantitative estimate of drug-likeness (QED) is 0.553. The lowest BCUT2D eigenvalue weighted by atomic mass is 9.95. The smallest absolute Gasteiger partial charge is 0.323 e. The van der Waals surface area contributed by atoms with Crippen LogP contribution in [-0.4, -0.2) is 60.3 Å². The predicted molar refractivity (Wildman–Crippen MR) is 135 cm³/mol. The summed E-state index contributed by atoms with van der Waals surface area (Å²) in [7, 11) is 1.64. The van der Waals surface area contributed by atoms with E-state index < -0.39 is 0 Å². The number of esters is 1. The fraction of sp³-hybridized carbons (Fsp3) is 0.464. The minimum Gasteiger partial charge on any atom is -0.497 e. The number of methoxy groups -OCH3 is 1. The summed E-state index contributed by atoms with van der Waals surface area (Å²) < 4.78 is 10.6. The molecule has 0 N–H and O–H groups in total. The van der Waals surface area contributed by atoms with Crippen LogP contribution in [0.5, 0.6) is 5.75 Å². The van der Waals surface area contributed by atoms with Crippen molar-refractivity contribution in [2.45, 2.75) is 58.5 Å². The van der Waals surface area contributed by atoms with Crippen LogP contribution in [0.15, 0.2) is 47.6 Å². The van der Waals surface area contributed by atoms with E-state index in [-0.39, 0.29) is 30.5 Å². The first-order chi connectivity index (χ1) is 16.9. The molecule has 0 saturated carbocycles. The van der Waals surface area contributed by atoms with Gasteiger partial charge in [0.1, 0.15) is 11.8 Å². The Kier molecular flexibility index (Phi) is 7.86. The van der Waals surface area contributed by atoms with E-state index in [1.165, 1.54) is 5.56 Å². The third-order valence-electron chi connectivity index (χ3n) is 6.87. The maximum absolute atomic E-state index is 13.7. The minimum atomic E-state index is -0.377. The lowest BCUT2D eigenvalue weighted by molar-refractivity contribution is -0.152. The first-order valence-electron chi connectivity index (χ1n) is 12.4. The van der Waals surface area contributed by atoms with Crippen molar-refractivity contribution in [1.29, 1.82) is 0 Å². The van der Waals surface area contributed by atoms with Gasteiger partial charge in [0.25, 0.3) is 5.91 Å². The molecule has 7 heteroatoms. The van der Waals surface area contributed by atoms with Crippen LogP contribution in [0.25, 0.3) is 0 Å². The van der Waals surface area contributed by atoms with Crippen molar-refractivity contribution in [2.24, 2.45) is 5.10 Å². The van der Waals surface area contributed by atoms with Crippen LogP contribution < -0.4 is 4.74 Å². The molecule has 2 heterocycles. The highest BCUT2D eigenvalue weighted by Crippen LogP contribution is 2.35. The van der Waals surface area contributed by atoms with Crippen molar-refractivity contribution in [1.82, 2.24) is 9.91 Å². The summed E-state index contributed by atoms with van der Waals surface area (Å²) in [5.41, 5.74) is 5.30. The summed E-state index contributed by atoms with van der Waals surface area (Å²) in [6.07, 6.45) is 3.26. The van der Waals surface area contributed by atoms with Crippen LogP contribution in [0, 0.1) is 13.8 Å². The van der Waals surface area contributed by atoms with Crippen molar-refractivity contribution >= 4 is 17.6 Å². The number of aryl methyl sites for hydroxylation is 2. The summed E-state index contributed by atoms with van der Waals surface area (Å²) >= 11 is 0. The number of carbonyl (C=O) groups excluding carboxylic acids is 2. The SMILES string of the molecule is CCOC(=O)C1CCCCN1CC(=O)N1N=C(c2ccc(C)cc2C)CC1c1ccc(OC)cc1. The molecule has 2 unspecified atom stereocenters. The van der Waals surface area contributed by atoms with Crippen LogP contribution >= 0.6 is 0 Å². The molecule has 1 saturated heterocycles. The van der Waals surface area contributed by atoms with Gasteiger partial charge in [-0.2, -0.15) is 5.10 Å².